The zero-order valence-corrected chi connectivity index (χ0v) is 14.6. The average Bonchev–Trinajstić information content (AvgIpc) is 2.49. The molecule has 2 aromatic carbocycles. The molecule has 0 fully saturated rings. The Kier molecular flexibility index (Phi) is 4.57. The summed E-state index contributed by atoms with van der Waals surface area (Å²) in [4.78, 5) is 8.90. The zero-order chi connectivity index (χ0) is 16.2. The van der Waals surface area contributed by atoms with E-state index in [9.17, 15) is 0 Å². The smallest absolute Gasteiger partial charge is 0.136 e. The summed E-state index contributed by atoms with van der Waals surface area (Å²) in [6.07, 6.45) is 0. The van der Waals surface area contributed by atoms with Crippen molar-refractivity contribution in [3.63, 3.8) is 0 Å². The predicted octanol–water partition coefficient (Wildman–Crippen LogP) is 5.34. The fourth-order valence-corrected chi connectivity index (χ4v) is 2.65. The van der Waals surface area contributed by atoms with Gasteiger partial charge in [-0.15, -0.1) is 0 Å². The molecule has 4 nitrogen and oxygen atoms in total. The van der Waals surface area contributed by atoms with Gasteiger partial charge >= 0.3 is 0 Å². The second-order valence-corrected chi connectivity index (χ2v) is 6.14. The summed E-state index contributed by atoms with van der Waals surface area (Å²) < 4.78 is 0.990. The number of hydrogen-bond acceptors (Lipinski definition) is 4. The van der Waals surface area contributed by atoms with Gasteiger partial charge in [-0.25, -0.2) is 9.97 Å². The summed E-state index contributed by atoms with van der Waals surface area (Å²) in [6.45, 7) is 3.95. The van der Waals surface area contributed by atoms with Crippen LogP contribution in [0.4, 0.5) is 23.0 Å². The number of nitrogens with zero attached hydrogens (tertiary/aromatic N) is 2. The van der Waals surface area contributed by atoms with Gasteiger partial charge in [-0.2, -0.15) is 0 Å². The fourth-order valence-electron chi connectivity index (χ4n) is 2.27. The van der Waals surface area contributed by atoms with E-state index in [-0.39, 0.29) is 0 Å². The van der Waals surface area contributed by atoms with E-state index in [2.05, 4.69) is 55.6 Å². The third kappa shape index (κ3) is 4.07. The van der Waals surface area contributed by atoms with E-state index in [0.717, 1.165) is 27.5 Å². The van der Waals surface area contributed by atoms with E-state index in [4.69, 9.17) is 0 Å². The van der Waals surface area contributed by atoms with E-state index in [1.807, 2.05) is 49.4 Å². The Morgan fingerprint density at radius 2 is 1.57 bits per heavy atom. The first-order chi connectivity index (χ1) is 11.1. The molecule has 23 heavy (non-hydrogen) atoms. The molecule has 0 aliphatic heterocycles. The molecule has 3 aromatic rings. The van der Waals surface area contributed by atoms with E-state index in [1.165, 1.54) is 5.56 Å². The van der Waals surface area contributed by atoms with Crippen LogP contribution in [0.25, 0.3) is 0 Å². The lowest BCUT2D eigenvalue weighted by Crippen LogP contribution is -2.01. The van der Waals surface area contributed by atoms with Crippen LogP contribution in [0.15, 0.2) is 59.1 Å². The SMILES string of the molecule is Cc1cccc(Nc2cc(Nc3ccccc3Br)nc(C)n2)c1. The molecule has 0 radical (unpaired) electrons. The van der Waals surface area contributed by atoms with Gasteiger partial charge in [0.15, 0.2) is 0 Å². The van der Waals surface area contributed by atoms with Crippen LogP contribution in [0.5, 0.6) is 0 Å². The van der Waals surface area contributed by atoms with Gasteiger partial charge in [0.1, 0.15) is 17.5 Å². The summed E-state index contributed by atoms with van der Waals surface area (Å²) in [7, 11) is 0. The van der Waals surface area contributed by atoms with Gasteiger partial charge < -0.3 is 10.6 Å². The Balaban J connectivity index is 1.86. The van der Waals surface area contributed by atoms with Crippen LogP contribution in [0.3, 0.4) is 0 Å². The van der Waals surface area contributed by atoms with Gasteiger partial charge in [-0.05, 0) is 59.6 Å². The molecule has 0 aliphatic carbocycles. The van der Waals surface area contributed by atoms with E-state index in [0.29, 0.717) is 5.82 Å². The molecule has 0 aliphatic rings. The van der Waals surface area contributed by atoms with Gasteiger partial charge in [0.2, 0.25) is 0 Å². The normalized spacial score (nSPS) is 10.4. The Morgan fingerprint density at radius 3 is 2.30 bits per heavy atom. The fraction of sp³-hybridized carbons (Fsp3) is 0.111. The molecule has 0 saturated heterocycles. The number of benzene rings is 2. The third-order valence-electron chi connectivity index (χ3n) is 3.27. The standard InChI is InChI=1S/C18H17BrN4/c1-12-6-5-7-14(10-12)22-17-11-18(21-13(2)20-17)23-16-9-4-3-8-15(16)19/h3-11H,1-2H3,(H2,20,21,22,23). The van der Waals surface area contributed by atoms with Crippen molar-refractivity contribution in [2.75, 3.05) is 10.6 Å². The number of anilines is 4. The minimum Gasteiger partial charge on any atom is -0.340 e. The van der Waals surface area contributed by atoms with Crippen molar-refractivity contribution in [1.29, 1.82) is 0 Å². The van der Waals surface area contributed by atoms with Crippen LogP contribution < -0.4 is 10.6 Å². The number of nitrogens with one attached hydrogen (secondary N) is 2. The van der Waals surface area contributed by atoms with Crippen molar-refractivity contribution in [3.05, 3.63) is 70.5 Å². The molecule has 0 saturated carbocycles. The summed E-state index contributed by atoms with van der Waals surface area (Å²) in [6, 6.07) is 18.0. The largest absolute Gasteiger partial charge is 0.340 e. The lowest BCUT2D eigenvalue weighted by atomic mass is 10.2. The highest BCUT2D eigenvalue weighted by Gasteiger charge is 2.05. The maximum Gasteiger partial charge on any atom is 0.136 e. The van der Waals surface area contributed by atoms with Crippen LogP contribution in [-0.2, 0) is 0 Å². The number of halogens is 1. The number of aromatic nitrogens is 2. The Labute approximate surface area is 144 Å². The first kappa shape index (κ1) is 15.5. The van der Waals surface area contributed by atoms with Crippen LogP contribution in [-0.4, -0.2) is 9.97 Å². The molecule has 0 unspecified atom stereocenters. The lowest BCUT2D eigenvalue weighted by Gasteiger charge is -2.11. The quantitative estimate of drug-likeness (QED) is 0.652. The Hall–Kier alpha value is -2.40. The van der Waals surface area contributed by atoms with Gasteiger partial charge in [0, 0.05) is 16.2 Å². The lowest BCUT2D eigenvalue weighted by molar-refractivity contribution is 1.06. The van der Waals surface area contributed by atoms with Crippen LogP contribution in [0.2, 0.25) is 0 Å². The molecular weight excluding hydrogens is 352 g/mol. The molecular formula is C18H17BrN4. The second kappa shape index (κ2) is 6.79. The molecule has 116 valence electrons. The monoisotopic (exact) mass is 368 g/mol. The highest BCUT2D eigenvalue weighted by atomic mass is 79.9. The number of para-hydroxylation sites is 1. The van der Waals surface area contributed by atoms with Crippen molar-refractivity contribution in [1.82, 2.24) is 9.97 Å². The van der Waals surface area contributed by atoms with Crippen molar-refractivity contribution in [3.8, 4) is 0 Å². The maximum atomic E-state index is 4.45. The minimum absolute atomic E-state index is 0.706. The summed E-state index contributed by atoms with van der Waals surface area (Å²) >= 11 is 3.53. The van der Waals surface area contributed by atoms with Gasteiger partial charge in [-0.1, -0.05) is 24.3 Å². The van der Waals surface area contributed by atoms with Crippen LogP contribution in [0.1, 0.15) is 11.4 Å². The van der Waals surface area contributed by atoms with E-state index in [1.54, 1.807) is 0 Å². The van der Waals surface area contributed by atoms with Crippen LogP contribution >= 0.6 is 15.9 Å². The highest BCUT2D eigenvalue weighted by Crippen LogP contribution is 2.26. The van der Waals surface area contributed by atoms with Crippen molar-refractivity contribution >= 4 is 38.9 Å². The molecule has 3 rings (SSSR count). The third-order valence-corrected chi connectivity index (χ3v) is 3.96. The van der Waals surface area contributed by atoms with Crippen molar-refractivity contribution in [2.24, 2.45) is 0 Å². The zero-order valence-electron chi connectivity index (χ0n) is 13.0. The summed E-state index contributed by atoms with van der Waals surface area (Å²) in [5, 5.41) is 6.64. The van der Waals surface area contributed by atoms with Gasteiger partial charge in [0.05, 0.1) is 5.69 Å². The molecule has 0 bridgehead atoms. The van der Waals surface area contributed by atoms with Gasteiger partial charge in [0.25, 0.3) is 0 Å². The van der Waals surface area contributed by atoms with Crippen molar-refractivity contribution in [2.45, 2.75) is 13.8 Å². The number of rotatable bonds is 4. The Morgan fingerprint density at radius 1 is 0.826 bits per heavy atom. The van der Waals surface area contributed by atoms with Crippen LogP contribution in [0, 0.1) is 13.8 Å². The molecule has 1 aromatic heterocycles. The van der Waals surface area contributed by atoms with Gasteiger partial charge in [-0.3, -0.25) is 0 Å². The van der Waals surface area contributed by atoms with Crippen molar-refractivity contribution < 1.29 is 0 Å². The molecule has 0 spiro atoms. The van der Waals surface area contributed by atoms with E-state index >= 15 is 0 Å². The number of hydrogen-bond donors (Lipinski definition) is 2. The molecule has 5 heteroatoms. The summed E-state index contributed by atoms with van der Waals surface area (Å²) in [5.74, 6) is 2.22. The number of aryl methyl sites for hydroxylation is 2. The van der Waals surface area contributed by atoms with E-state index < -0.39 is 0 Å². The first-order valence-electron chi connectivity index (χ1n) is 7.31. The minimum atomic E-state index is 0.706. The highest BCUT2D eigenvalue weighted by molar-refractivity contribution is 9.10. The molecule has 0 atom stereocenters. The Bertz CT molecular complexity index is 833. The molecule has 1 heterocycles. The second-order valence-electron chi connectivity index (χ2n) is 5.28. The maximum absolute atomic E-state index is 4.45. The predicted molar refractivity (Wildman–Crippen MR) is 98.7 cm³/mol. The first-order valence-corrected chi connectivity index (χ1v) is 8.10. The molecule has 2 N–H and O–H groups in total. The topological polar surface area (TPSA) is 49.8 Å². The summed E-state index contributed by atoms with van der Waals surface area (Å²) in [5.41, 5.74) is 3.18. The average molecular weight is 369 g/mol. The molecule has 0 amide bonds.